The molecule has 1 fully saturated rings. The normalized spacial score (nSPS) is 14.7. The summed E-state index contributed by atoms with van der Waals surface area (Å²) in [6.45, 7) is 5.97. The highest BCUT2D eigenvalue weighted by molar-refractivity contribution is 5.42. The van der Waals surface area contributed by atoms with Crippen LogP contribution >= 0.6 is 0 Å². The van der Waals surface area contributed by atoms with E-state index < -0.39 is 0 Å². The van der Waals surface area contributed by atoms with Crippen molar-refractivity contribution in [3.8, 4) is 0 Å². The van der Waals surface area contributed by atoms with Gasteiger partial charge in [-0.15, -0.1) is 0 Å². The zero-order valence-electron chi connectivity index (χ0n) is 11.0. The molecular formula is C14H26N2. The Balaban J connectivity index is 0.000000251. The minimum absolute atomic E-state index is 1.05. The Hall–Kier alpha value is -1.05. The summed E-state index contributed by atoms with van der Waals surface area (Å²) in [6, 6.07) is 1.92. The number of nitrogens with zero attached hydrogens (tertiary/aromatic N) is 1. The molecule has 0 bridgehead atoms. The van der Waals surface area contributed by atoms with Gasteiger partial charge in [-0.25, -0.2) is 0 Å². The van der Waals surface area contributed by atoms with E-state index in [1.54, 1.807) is 6.20 Å². The van der Waals surface area contributed by atoms with Gasteiger partial charge in [0.1, 0.15) is 0 Å². The van der Waals surface area contributed by atoms with E-state index >= 15 is 0 Å². The molecule has 0 amide bonds. The maximum absolute atomic E-state index is 3.76. The number of aromatic nitrogens is 2. The summed E-state index contributed by atoms with van der Waals surface area (Å²) in [4.78, 5) is 0. The van der Waals surface area contributed by atoms with Gasteiger partial charge in [-0.2, -0.15) is 5.10 Å². The zero-order chi connectivity index (χ0) is 12.1. The predicted molar refractivity (Wildman–Crippen MR) is 72.3 cm³/mol. The fourth-order valence-electron chi connectivity index (χ4n) is 1.60. The highest BCUT2D eigenvalue weighted by Gasteiger charge is 1.95. The highest BCUT2D eigenvalue weighted by Crippen LogP contribution is 2.15. The summed E-state index contributed by atoms with van der Waals surface area (Å²) < 4.78 is 0. The maximum Gasteiger partial charge on any atom is 0.0574 e. The molecule has 0 aliphatic heterocycles. The van der Waals surface area contributed by atoms with E-state index in [-0.39, 0.29) is 0 Å². The Morgan fingerprint density at radius 2 is 1.56 bits per heavy atom. The summed E-state index contributed by atoms with van der Waals surface area (Å²) >= 11 is 0. The Morgan fingerprint density at radius 1 is 1.06 bits per heavy atom. The topological polar surface area (TPSA) is 28.7 Å². The summed E-state index contributed by atoms with van der Waals surface area (Å²) in [5.41, 5.74) is 1.05. The molecule has 2 nitrogen and oxygen atoms in total. The fourth-order valence-corrected chi connectivity index (χ4v) is 1.60. The Morgan fingerprint density at radius 3 is 1.88 bits per heavy atom. The quantitative estimate of drug-likeness (QED) is 0.725. The first-order valence-electron chi connectivity index (χ1n) is 6.55. The van der Waals surface area contributed by atoms with Crippen LogP contribution in [0, 0.1) is 0 Å². The van der Waals surface area contributed by atoms with Crippen molar-refractivity contribution in [2.24, 2.45) is 0 Å². The van der Waals surface area contributed by atoms with Crippen LogP contribution in [0.15, 0.2) is 18.3 Å². The maximum atomic E-state index is 3.76. The van der Waals surface area contributed by atoms with E-state index in [2.05, 4.69) is 10.2 Å². The van der Waals surface area contributed by atoms with Crippen molar-refractivity contribution in [3.05, 3.63) is 24.0 Å². The molecule has 1 aliphatic carbocycles. The van der Waals surface area contributed by atoms with Crippen molar-refractivity contribution >= 4 is 6.08 Å². The van der Waals surface area contributed by atoms with Gasteiger partial charge in [-0.05, 0) is 19.1 Å². The van der Waals surface area contributed by atoms with Gasteiger partial charge in [0.2, 0.25) is 0 Å². The van der Waals surface area contributed by atoms with Crippen LogP contribution in [0.5, 0.6) is 0 Å². The van der Waals surface area contributed by atoms with Gasteiger partial charge < -0.3 is 0 Å². The number of hydrogen-bond donors (Lipinski definition) is 1. The highest BCUT2D eigenvalue weighted by atomic mass is 15.1. The molecule has 1 heterocycles. The number of rotatable bonds is 1. The standard InChI is InChI=1S/C6H8N2.C6H12.C2H6/c1-2-3-6-4-5-7-8-6;1-2-4-6-5-3-1;1-2/h2-5H,1H3,(H,7,8);1-6H2;1-2H3/b3-2+;;. The molecule has 1 saturated carbocycles. The van der Waals surface area contributed by atoms with Crippen LogP contribution in [0.4, 0.5) is 0 Å². The summed E-state index contributed by atoms with van der Waals surface area (Å²) in [5, 5.41) is 6.57. The Bertz CT molecular complexity index is 222. The average Bonchev–Trinajstić information content (AvgIpc) is 2.88. The number of allylic oxidation sites excluding steroid dienone is 1. The Labute approximate surface area is 100 Å². The molecule has 0 radical (unpaired) electrons. The van der Waals surface area contributed by atoms with Crippen LogP contribution in [0.25, 0.3) is 6.08 Å². The predicted octanol–water partition coefficient (Wildman–Crippen LogP) is 4.81. The first kappa shape index (κ1) is 14.9. The van der Waals surface area contributed by atoms with Gasteiger partial charge in [0.05, 0.1) is 5.69 Å². The van der Waals surface area contributed by atoms with Crippen LogP contribution in [0.1, 0.15) is 65.0 Å². The Kier molecular flexibility index (Phi) is 11.2. The fraction of sp³-hybridized carbons (Fsp3) is 0.643. The SMILES string of the molecule is C/C=C/c1ccn[nH]1.C1CCCCC1.CC. The number of hydrogen-bond acceptors (Lipinski definition) is 1. The smallest absolute Gasteiger partial charge is 0.0574 e. The van der Waals surface area contributed by atoms with Gasteiger partial charge in [0.15, 0.2) is 0 Å². The van der Waals surface area contributed by atoms with E-state index in [0.29, 0.717) is 0 Å². The van der Waals surface area contributed by atoms with Gasteiger partial charge in [-0.3, -0.25) is 5.10 Å². The van der Waals surface area contributed by atoms with Gasteiger partial charge in [0, 0.05) is 6.20 Å². The molecule has 1 N–H and O–H groups in total. The van der Waals surface area contributed by atoms with Crippen molar-refractivity contribution < 1.29 is 0 Å². The van der Waals surface area contributed by atoms with Crippen LogP contribution < -0.4 is 0 Å². The second-order valence-electron chi connectivity index (χ2n) is 3.63. The molecule has 0 spiro atoms. The van der Waals surface area contributed by atoms with Crippen molar-refractivity contribution in [3.63, 3.8) is 0 Å². The lowest BCUT2D eigenvalue weighted by molar-refractivity contribution is 0.504. The number of nitrogens with one attached hydrogen (secondary N) is 1. The molecule has 16 heavy (non-hydrogen) atoms. The second kappa shape index (κ2) is 12.0. The van der Waals surface area contributed by atoms with E-state index in [1.165, 1.54) is 38.5 Å². The lowest BCUT2D eigenvalue weighted by atomic mass is 10.0. The molecule has 0 saturated heterocycles. The van der Waals surface area contributed by atoms with Crippen molar-refractivity contribution in [2.45, 2.75) is 59.3 Å². The number of H-pyrrole nitrogens is 1. The monoisotopic (exact) mass is 222 g/mol. The van der Waals surface area contributed by atoms with Crippen LogP contribution in [-0.4, -0.2) is 10.2 Å². The molecule has 2 rings (SSSR count). The molecule has 1 aromatic heterocycles. The van der Waals surface area contributed by atoms with Gasteiger partial charge in [-0.1, -0.05) is 58.4 Å². The van der Waals surface area contributed by atoms with Crippen LogP contribution in [0.3, 0.4) is 0 Å². The van der Waals surface area contributed by atoms with Crippen LogP contribution in [-0.2, 0) is 0 Å². The first-order valence-corrected chi connectivity index (χ1v) is 6.55. The third-order valence-electron chi connectivity index (χ3n) is 2.37. The van der Waals surface area contributed by atoms with E-state index in [9.17, 15) is 0 Å². The second-order valence-corrected chi connectivity index (χ2v) is 3.63. The molecule has 1 aromatic rings. The van der Waals surface area contributed by atoms with Gasteiger partial charge >= 0.3 is 0 Å². The third-order valence-corrected chi connectivity index (χ3v) is 2.37. The van der Waals surface area contributed by atoms with E-state index in [0.717, 1.165) is 5.69 Å². The lowest BCUT2D eigenvalue weighted by Crippen LogP contribution is -1.85. The van der Waals surface area contributed by atoms with E-state index in [4.69, 9.17) is 0 Å². The van der Waals surface area contributed by atoms with Crippen molar-refractivity contribution in [1.29, 1.82) is 0 Å². The number of aromatic amines is 1. The molecule has 92 valence electrons. The average molecular weight is 222 g/mol. The molecule has 1 aliphatic rings. The molecule has 2 heteroatoms. The molecule has 0 aromatic carbocycles. The summed E-state index contributed by atoms with van der Waals surface area (Å²) in [5.74, 6) is 0. The summed E-state index contributed by atoms with van der Waals surface area (Å²) in [7, 11) is 0. The van der Waals surface area contributed by atoms with Gasteiger partial charge in [0.25, 0.3) is 0 Å². The largest absolute Gasteiger partial charge is 0.278 e. The molecular weight excluding hydrogens is 196 g/mol. The van der Waals surface area contributed by atoms with Crippen molar-refractivity contribution in [1.82, 2.24) is 10.2 Å². The summed E-state index contributed by atoms with van der Waals surface area (Å²) in [6.07, 6.45) is 14.7. The van der Waals surface area contributed by atoms with Crippen molar-refractivity contribution in [2.75, 3.05) is 0 Å². The first-order chi connectivity index (χ1) is 7.93. The van der Waals surface area contributed by atoms with E-state index in [1.807, 2.05) is 39.0 Å². The third kappa shape index (κ3) is 8.27. The molecule has 0 atom stereocenters. The minimum atomic E-state index is 1.05. The van der Waals surface area contributed by atoms with Crippen LogP contribution in [0.2, 0.25) is 0 Å². The zero-order valence-corrected chi connectivity index (χ0v) is 11.0. The minimum Gasteiger partial charge on any atom is -0.278 e. The lowest BCUT2D eigenvalue weighted by Gasteiger charge is -2.05. The molecule has 0 unspecified atom stereocenters.